The van der Waals surface area contributed by atoms with Crippen LogP contribution in [-0.2, 0) is 0 Å². The molecule has 0 fully saturated rings. The van der Waals surface area contributed by atoms with Gasteiger partial charge in [-0.3, -0.25) is 14.4 Å². The fraction of sp³-hybridized carbons (Fsp3) is 0.0870. The first-order valence-corrected chi connectivity index (χ1v) is 8.90. The fourth-order valence-corrected chi connectivity index (χ4v) is 3.19. The van der Waals surface area contributed by atoms with Crippen LogP contribution in [0.15, 0.2) is 78.9 Å². The topological polar surface area (TPSA) is 63.7 Å². The van der Waals surface area contributed by atoms with Crippen LogP contribution in [0.2, 0.25) is 0 Å². The number of rotatable bonds is 5. The number of anilines is 1. The van der Waals surface area contributed by atoms with E-state index in [0.717, 1.165) is 4.90 Å². The number of nitrogens with zero attached hydrogens (tertiary/aromatic N) is 1. The molecule has 0 aromatic heterocycles. The molecule has 0 saturated heterocycles. The lowest BCUT2D eigenvalue weighted by Gasteiger charge is -2.16. The first-order valence-electron chi connectivity index (χ1n) is 8.90. The van der Waals surface area contributed by atoms with Crippen molar-refractivity contribution in [2.45, 2.75) is 13.0 Å². The molecule has 1 unspecified atom stereocenters. The molecule has 5 nitrogen and oxygen atoms in total. The zero-order valence-corrected chi connectivity index (χ0v) is 15.2. The van der Waals surface area contributed by atoms with Gasteiger partial charge in [0, 0.05) is 5.56 Å². The molecule has 0 N–H and O–H groups in total. The quantitative estimate of drug-likeness (QED) is 0.500. The minimum absolute atomic E-state index is 0.120. The molecule has 1 heterocycles. The Morgan fingerprint density at radius 3 is 1.89 bits per heavy atom. The molecule has 0 aliphatic carbocycles. The molecule has 0 radical (unpaired) electrons. The normalized spacial score (nSPS) is 14.0. The summed E-state index contributed by atoms with van der Waals surface area (Å²) in [5, 5.41) is 0. The highest BCUT2D eigenvalue weighted by atomic mass is 16.5. The number of amides is 2. The van der Waals surface area contributed by atoms with Crippen molar-refractivity contribution in [3.8, 4) is 5.75 Å². The first-order chi connectivity index (χ1) is 13.6. The van der Waals surface area contributed by atoms with E-state index in [2.05, 4.69) is 0 Å². The third kappa shape index (κ3) is 3.07. The van der Waals surface area contributed by atoms with Gasteiger partial charge in [0.2, 0.25) is 5.78 Å². The average Bonchev–Trinajstić information content (AvgIpc) is 2.99. The highest BCUT2D eigenvalue weighted by molar-refractivity contribution is 6.34. The van der Waals surface area contributed by atoms with E-state index in [1.54, 1.807) is 79.7 Å². The van der Waals surface area contributed by atoms with E-state index < -0.39 is 6.10 Å². The lowest BCUT2D eigenvalue weighted by molar-refractivity contribution is 0.0818. The number of benzene rings is 3. The molecule has 1 atom stereocenters. The Morgan fingerprint density at radius 1 is 0.786 bits per heavy atom. The monoisotopic (exact) mass is 371 g/mol. The van der Waals surface area contributed by atoms with Gasteiger partial charge in [-0.05, 0) is 43.3 Å². The maximum absolute atomic E-state index is 12.5. The summed E-state index contributed by atoms with van der Waals surface area (Å²) in [6.07, 6.45) is -0.660. The highest BCUT2D eigenvalue weighted by Gasteiger charge is 2.36. The van der Waals surface area contributed by atoms with Crippen LogP contribution < -0.4 is 9.64 Å². The lowest BCUT2D eigenvalue weighted by atomic mass is 10.1. The van der Waals surface area contributed by atoms with Crippen LogP contribution in [0.4, 0.5) is 5.69 Å². The number of ether oxygens (including phenoxy) is 1. The molecule has 0 bridgehead atoms. The summed E-state index contributed by atoms with van der Waals surface area (Å²) in [6.45, 7) is 1.69. The lowest BCUT2D eigenvalue weighted by Crippen LogP contribution is -2.29. The van der Waals surface area contributed by atoms with Gasteiger partial charge in [-0.2, -0.15) is 0 Å². The minimum Gasteiger partial charge on any atom is -0.483 e. The molecule has 3 aromatic carbocycles. The molecule has 2 amide bonds. The van der Waals surface area contributed by atoms with Gasteiger partial charge >= 0.3 is 0 Å². The van der Waals surface area contributed by atoms with Crippen molar-refractivity contribution in [1.29, 1.82) is 0 Å². The van der Waals surface area contributed by atoms with Crippen molar-refractivity contribution < 1.29 is 19.1 Å². The van der Waals surface area contributed by atoms with Crippen molar-refractivity contribution in [2.24, 2.45) is 0 Å². The highest BCUT2D eigenvalue weighted by Crippen LogP contribution is 2.29. The predicted octanol–water partition coefficient (Wildman–Crippen LogP) is 4.14. The maximum atomic E-state index is 12.5. The van der Waals surface area contributed by atoms with Gasteiger partial charge in [0.05, 0.1) is 16.8 Å². The molecule has 5 heteroatoms. The molecule has 1 aliphatic heterocycles. The van der Waals surface area contributed by atoms with Gasteiger partial charge in [-0.1, -0.05) is 42.5 Å². The third-order valence-corrected chi connectivity index (χ3v) is 4.63. The van der Waals surface area contributed by atoms with Crippen molar-refractivity contribution in [3.05, 3.63) is 95.6 Å². The van der Waals surface area contributed by atoms with Gasteiger partial charge in [-0.15, -0.1) is 0 Å². The van der Waals surface area contributed by atoms with Crippen molar-refractivity contribution in [3.63, 3.8) is 0 Å². The minimum atomic E-state index is -0.660. The van der Waals surface area contributed by atoms with Crippen molar-refractivity contribution in [2.75, 3.05) is 4.90 Å². The number of imide groups is 1. The summed E-state index contributed by atoms with van der Waals surface area (Å²) in [5.41, 5.74) is 1.84. The molecule has 0 spiro atoms. The number of hydrogen-bond acceptors (Lipinski definition) is 4. The number of ketones is 1. The van der Waals surface area contributed by atoms with E-state index in [1.165, 1.54) is 0 Å². The first kappa shape index (κ1) is 17.7. The summed E-state index contributed by atoms with van der Waals surface area (Å²) >= 11 is 0. The Kier molecular flexibility index (Phi) is 4.49. The van der Waals surface area contributed by atoms with E-state index in [1.807, 2.05) is 6.07 Å². The van der Waals surface area contributed by atoms with Crippen LogP contribution in [0.5, 0.6) is 5.75 Å². The van der Waals surface area contributed by atoms with Crippen LogP contribution in [0.1, 0.15) is 38.0 Å². The molecular formula is C23H17NO4. The molecule has 4 rings (SSSR count). The summed E-state index contributed by atoms with van der Waals surface area (Å²) < 4.78 is 5.73. The standard InChI is InChI=1S/C23H17NO4/c1-15(21(25)16-7-3-2-4-8-16)28-18-13-11-17(12-14-18)24-22(26)19-9-5-6-10-20(19)23(24)27/h2-15H,1H3. The van der Waals surface area contributed by atoms with Gasteiger partial charge < -0.3 is 4.74 Å². The molecule has 0 saturated carbocycles. The number of carbonyl (C=O) groups is 3. The van der Waals surface area contributed by atoms with Crippen molar-refractivity contribution >= 4 is 23.3 Å². The second-order valence-corrected chi connectivity index (χ2v) is 6.48. The van der Waals surface area contributed by atoms with Gasteiger partial charge in [0.1, 0.15) is 5.75 Å². The summed E-state index contributed by atoms with van der Waals surface area (Å²) in [6, 6.07) is 22.3. The Bertz CT molecular complexity index is 1020. The number of hydrogen-bond donors (Lipinski definition) is 0. The SMILES string of the molecule is CC(Oc1ccc(N2C(=O)c3ccccc3C2=O)cc1)C(=O)c1ccccc1. The van der Waals surface area contributed by atoms with Gasteiger partial charge in [0.25, 0.3) is 11.8 Å². The summed E-state index contributed by atoms with van der Waals surface area (Å²) in [4.78, 5) is 38.7. The van der Waals surface area contributed by atoms with E-state index in [0.29, 0.717) is 28.1 Å². The van der Waals surface area contributed by atoms with Crippen LogP contribution in [0.25, 0.3) is 0 Å². The van der Waals surface area contributed by atoms with Crippen molar-refractivity contribution in [1.82, 2.24) is 0 Å². The molecular weight excluding hydrogens is 354 g/mol. The maximum Gasteiger partial charge on any atom is 0.266 e. The van der Waals surface area contributed by atoms with E-state index in [4.69, 9.17) is 4.74 Å². The zero-order chi connectivity index (χ0) is 19.7. The van der Waals surface area contributed by atoms with E-state index in [-0.39, 0.29) is 17.6 Å². The Hall–Kier alpha value is -3.73. The van der Waals surface area contributed by atoms with Crippen LogP contribution in [0.3, 0.4) is 0 Å². The number of carbonyl (C=O) groups excluding carboxylic acids is 3. The molecule has 3 aromatic rings. The van der Waals surface area contributed by atoms with E-state index >= 15 is 0 Å². The van der Waals surface area contributed by atoms with Crippen LogP contribution in [-0.4, -0.2) is 23.7 Å². The predicted molar refractivity (Wildman–Crippen MR) is 105 cm³/mol. The second kappa shape index (κ2) is 7.12. The fourth-order valence-electron chi connectivity index (χ4n) is 3.19. The molecule has 1 aliphatic rings. The molecule has 28 heavy (non-hydrogen) atoms. The smallest absolute Gasteiger partial charge is 0.266 e. The Morgan fingerprint density at radius 2 is 1.32 bits per heavy atom. The van der Waals surface area contributed by atoms with Crippen LogP contribution >= 0.6 is 0 Å². The Labute approximate surface area is 162 Å². The van der Waals surface area contributed by atoms with Gasteiger partial charge in [-0.25, -0.2) is 4.90 Å². The average molecular weight is 371 g/mol. The summed E-state index contributed by atoms with van der Waals surface area (Å²) in [5.74, 6) is -0.328. The Balaban J connectivity index is 1.50. The van der Waals surface area contributed by atoms with Crippen LogP contribution in [0, 0.1) is 0 Å². The largest absolute Gasteiger partial charge is 0.483 e. The molecule has 138 valence electrons. The second-order valence-electron chi connectivity index (χ2n) is 6.48. The number of Topliss-reactive ketones (excluding diaryl/α,β-unsaturated/α-hetero) is 1. The number of fused-ring (bicyclic) bond motifs is 1. The summed E-state index contributed by atoms with van der Waals surface area (Å²) in [7, 11) is 0. The van der Waals surface area contributed by atoms with Gasteiger partial charge in [0.15, 0.2) is 6.10 Å². The van der Waals surface area contributed by atoms with E-state index in [9.17, 15) is 14.4 Å². The zero-order valence-electron chi connectivity index (χ0n) is 15.2. The third-order valence-electron chi connectivity index (χ3n) is 4.63.